The standard InChI is InChI=1S/C12H18N2O5S/c1-4-10(19-20(3,16)17)12(15)14-8-5-6-9(13)11(7-8)18-2/h5-7,10H,4,13H2,1-3H3,(H,14,15)/t10-/m1/s1. The molecule has 0 aliphatic rings. The van der Waals surface area contributed by atoms with Crippen molar-refractivity contribution in [3.63, 3.8) is 0 Å². The Balaban J connectivity index is 2.83. The van der Waals surface area contributed by atoms with Gasteiger partial charge in [-0.25, -0.2) is 0 Å². The lowest BCUT2D eigenvalue weighted by Gasteiger charge is -2.15. The van der Waals surface area contributed by atoms with E-state index in [1.165, 1.54) is 7.11 Å². The molecule has 0 fully saturated rings. The van der Waals surface area contributed by atoms with Gasteiger partial charge in [-0.3, -0.25) is 8.98 Å². The van der Waals surface area contributed by atoms with E-state index in [0.717, 1.165) is 6.26 Å². The summed E-state index contributed by atoms with van der Waals surface area (Å²) in [4.78, 5) is 11.9. The third-order valence-corrected chi connectivity index (χ3v) is 3.04. The summed E-state index contributed by atoms with van der Waals surface area (Å²) in [6, 6.07) is 4.70. The number of ether oxygens (including phenoxy) is 1. The number of nitrogen functional groups attached to an aromatic ring is 1. The molecule has 0 spiro atoms. The lowest BCUT2D eigenvalue weighted by molar-refractivity contribution is -0.122. The number of nitrogens with two attached hydrogens (primary N) is 1. The van der Waals surface area contributed by atoms with Gasteiger partial charge in [0, 0.05) is 11.8 Å². The van der Waals surface area contributed by atoms with Crippen molar-refractivity contribution in [3.8, 4) is 5.75 Å². The van der Waals surface area contributed by atoms with Crippen LogP contribution >= 0.6 is 0 Å². The summed E-state index contributed by atoms with van der Waals surface area (Å²) in [5.74, 6) is -0.135. The maximum absolute atomic E-state index is 11.9. The Kier molecular flexibility index (Phi) is 5.34. The highest BCUT2D eigenvalue weighted by molar-refractivity contribution is 7.86. The van der Waals surface area contributed by atoms with E-state index < -0.39 is 22.1 Å². The SMILES string of the molecule is CC[C@@H](OS(C)(=O)=O)C(=O)Nc1ccc(N)c(OC)c1. The predicted octanol–water partition coefficient (Wildman–Crippen LogP) is 0.971. The normalized spacial score (nSPS) is 12.8. The molecule has 3 N–H and O–H groups in total. The fourth-order valence-corrected chi connectivity index (χ4v) is 2.17. The highest BCUT2D eigenvalue weighted by Crippen LogP contribution is 2.25. The molecule has 1 rings (SSSR count). The summed E-state index contributed by atoms with van der Waals surface area (Å²) in [5, 5.41) is 2.55. The highest BCUT2D eigenvalue weighted by Gasteiger charge is 2.22. The minimum atomic E-state index is -3.70. The van der Waals surface area contributed by atoms with Gasteiger partial charge in [-0.05, 0) is 18.6 Å². The van der Waals surface area contributed by atoms with Crippen molar-refractivity contribution in [2.45, 2.75) is 19.4 Å². The Labute approximate surface area is 118 Å². The Morgan fingerprint density at radius 3 is 2.60 bits per heavy atom. The second-order valence-corrected chi connectivity index (χ2v) is 5.74. The van der Waals surface area contributed by atoms with Crippen LogP contribution in [-0.2, 0) is 19.1 Å². The van der Waals surface area contributed by atoms with Crippen molar-refractivity contribution in [2.75, 3.05) is 24.4 Å². The number of benzene rings is 1. The minimum absolute atomic E-state index is 0.227. The fraction of sp³-hybridized carbons (Fsp3) is 0.417. The van der Waals surface area contributed by atoms with Gasteiger partial charge in [0.15, 0.2) is 6.10 Å². The van der Waals surface area contributed by atoms with Crippen LogP contribution in [0, 0.1) is 0 Å². The van der Waals surface area contributed by atoms with Crippen LogP contribution in [0.4, 0.5) is 11.4 Å². The Bertz CT molecular complexity index is 586. The lowest BCUT2D eigenvalue weighted by Crippen LogP contribution is -2.31. The van der Waals surface area contributed by atoms with Crippen LogP contribution in [0.15, 0.2) is 18.2 Å². The third kappa shape index (κ3) is 4.71. The number of methoxy groups -OCH3 is 1. The van der Waals surface area contributed by atoms with Crippen LogP contribution in [0.3, 0.4) is 0 Å². The summed E-state index contributed by atoms with van der Waals surface area (Å²) in [5.41, 5.74) is 6.53. The molecule has 0 saturated heterocycles. The Morgan fingerprint density at radius 2 is 2.10 bits per heavy atom. The molecule has 0 aromatic heterocycles. The molecule has 7 nitrogen and oxygen atoms in total. The van der Waals surface area contributed by atoms with Crippen molar-refractivity contribution in [3.05, 3.63) is 18.2 Å². The van der Waals surface area contributed by atoms with Crippen molar-refractivity contribution < 1.29 is 22.1 Å². The zero-order chi connectivity index (χ0) is 15.3. The van der Waals surface area contributed by atoms with E-state index in [1.807, 2.05) is 0 Å². The Hall–Kier alpha value is -1.80. The topological polar surface area (TPSA) is 108 Å². The molecule has 0 aliphatic carbocycles. The van der Waals surface area contributed by atoms with Gasteiger partial charge < -0.3 is 15.8 Å². The number of anilines is 2. The van der Waals surface area contributed by atoms with E-state index in [0.29, 0.717) is 17.1 Å². The summed E-state index contributed by atoms with van der Waals surface area (Å²) >= 11 is 0. The van der Waals surface area contributed by atoms with Gasteiger partial charge in [0.2, 0.25) is 0 Å². The molecule has 0 saturated carbocycles. The van der Waals surface area contributed by atoms with Crippen molar-refractivity contribution in [2.24, 2.45) is 0 Å². The van der Waals surface area contributed by atoms with E-state index in [2.05, 4.69) is 5.32 Å². The van der Waals surface area contributed by atoms with E-state index >= 15 is 0 Å². The molecule has 1 aromatic carbocycles. The van der Waals surface area contributed by atoms with Gasteiger partial charge in [0.25, 0.3) is 16.0 Å². The molecule has 1 amide bonds. The number of carbonyl (C=O) groups is 1. The quantitative estimate of drug-likeness (QED) is 0.599. The van der Waals surface area contributed by atoms with E-state index in [9.17, 15) is 13.2 Å². The van der Waals surface area contributed by atoms with E-state index in [4.69, 9.17) is 14.7 Å². The maximum Gasteiger partial charge on any atom is 0.265 e. The summed E-state index contributed by atoms with van der Waals surface area (Å²) in [6.07, 6.45) is 0.0498. The number of hydrogen-bond donors (Lipinski definition) is 2. The molecule has 0 aliphatic heterocycles. The fourth-order valence-electron chi connectivity index (χ4n) is 1.52. The second-order valence-electron chi connectivity index (χ2n) is 4.14. The number of amides is 1. The average Bonchev–Trinajstić information content (AvgIpc) is 2.37. The molecule has 0 radical (unpaired) electrons. The van der Waals surface area contributed by atoms with Gasteiger partial charge in [0.1, 0.15) is 5.75 Å². The molecular weight excluding hydrogens is 284 g/mol. The summed E-state index contributed by atoms with van der Waals surface area (Å²) in [6.45, 7) is 1.65. The molecule has 1 aromatic rings. The molecule has 0 unspecified atom stereocenters. The van der Waals surface area contributed by atoms with Crippen LogP contribution < -0.4 is 15.8 Å². The van der Waals surface area contributed by atoms with E-state index in [1.54, 1.807) is 25.1 Å². The molecule has 20 heavy (non-hydrogen) atoms. The first-order valence-corrected chi connectivity index (χ1v) is 7.71. The molecule has 0 heterocycles. The monoisotopic (exact) mass is 302 g/mol. The van der Waals surface area contributed by atoms with Crippen molar-refractivity contribution in [1.29, 1.82) is 0 Å². The van der Waals surface area contributed by atoms with Crippen LogP contribution in [0.5, 0.6) is 5.75 Å². The van der Waals surface area contributed by atoms with Gasteiger partial charge in [0.05, 0.1) is 19.1 Å². The number of hydrogen-bond acceptors (Lipinski definition) is 6. The summed E-state index contributed by atoms with van der Waals surface area (Å²) < 4.78 is 31.9. The number of rotatable bonds is 6. The number of carbonyl (C=O) groups excluding carboxylic acids is 1. The Morgan fingerprint density at radius 1 is 1.45 bits per heavy atom. The van der Waals surface area contributed by atoms with Crippen molar-refractivity contribution in [1.82, 2.24) is 0 Å². The molecule has 8 heteroatoms. The van der Waals surface area contributed by atoms with Crippen LogP contribution in [0.2, 0.25) is 0 Å². The second kappa shape index (κ2) is 6.58. The molecule has 1 atom stereocenters. The zero-order valence-corrected chi connectivity index (χ0v) is 12.4. The van der Waals surface area contributed by atoms with E-state index in [-0.39, 0.29) is 6.42 Å². The summed E-state index contributed by atoms with van der Waals surface area (Å²) in [7, 11) is -2.24. The number of nitrogens with one attached hydrogen (secondary N) is 1. The van der Waals surface area contributed by atoms with Gasteiger partial charge >= 0.3 is 0 Å². The van der Waals surface area contributed by atoms with Gasteiger partial charge in [-0.15, -0.1) is 0 Å². The molecular formula is C12H18N2O5S. The first-order chi connectivity index (χ1) is 9.26. The average molecular weight is 302 g/mol. The third-order valence-electron chi connectivity index (χ3n) is 2.46. The van der Waals surface area contributed by atoms with Gasteiger partial charge in [-0.2, -0.15) is 8.42 Å². The first kappa shape index (κ1) is 16.3. The molecule has 0 bridgehead atoms. The van der Waals surface area contributed by atoms with Crippen LogP contribution in [-0.4, -0.2) is 33.8 Å². The maximum atomic E-state index is 11.9. The molecule has 112 valence electrons. The minimum Gasteiger partial charge on any atom is -0.495 e. The highest BCUT2D eigenvalue weighted by atomic mass is 32.2. The lowest BCUT2D eigenvalue weighted by atomic mass is 10.2. The first-order valence-electron chi connectivity index (χ1n) is 5.89. The largest absolute Gasteiger partial charge is 0.495 e. The van der Waals surface area contributed by atoms with Crippen LogP contribution in [0.25, 0.3) is 0 Å². The predicted molar refractivity (Wildman–Crippen MR) is 76.0 cm³/mol. The van der Waals surface area contributed by atoms with Crippen LogP contribution in [0.1, 0.15) is 13.3 Å². The smallest absolute Gasteiger partial charge is 0.265 e. The van der Waals surface area contributed by atoms with Gasteiger partial charge in [-0.1, -0.05) is 6.92 Å². The zero-order valence-electron chi connectivity index (χ0n) is 11.5. The van der Waals surface area contributed by atoms with Crippen molar-refractivity contribution >= 4 is 27.4 Å².